The zero-order valence-electron chi connectivity index (χ0n) is 14.5. The van der Waals surface area contributed by atoms with Crippen LogP contribution in [0.1, 0.15) is 33.2 Å². The molecule has 0 saturated carbocycles. The molecule has 0 aliphatic carbocycles. The summed E-state index contributed by atoms with van der Waals surface area (Å²) >= 11 is 0. The van der Waals surface area contributed by atoms with E-state index in [4.69, 9.17) is 0 Å². The van der Waals surface area contributed by atoms with Gasteiger partial charge in [0.15, 0.2) is 0 Å². The number of amides is 1. The lowest BCUT2D eigenvalue weighted by Gasteiger charge is -2.18. The van der Waals surface area contributed by atoms with E-state index < -0.39 is 21.9 Å². The highest BCUT2D eigenvalue weighted by atomic mass is 32.2. The van der Waals surface area contributed by atoms with Gasteiger partial charge < -0.3 is 10.4 Å². The molecule has 2 rings (SSSR count). The molecule has 138 valence electrons. The number of anilines is 1. The SMILES string of the molecule is CCN(Cc1cccc(NC(=O)c2ccccc2C(=O)O)c1)S(C)(=O)=O. The minimum atomic E-state index is -3.33. The third-order valence-electron chi connectivity index (χ3n) is 3.77. The quantitative estimate of drug-likeness (QED) is 0.772. The molecule has 0 bridgehead atoms. The summed E-state index contributed by atoms with van der Waals surface area (Å²) in [7, 11) is -3.33. The van der Waals surface area contributed by atoms with E-state index in [1.807, 2.05) is 0 Å². The van der Waals surface area contributed by atoms with Crippen molar-refractivity contribution in [3.8, 4) is 0 Å². The molecule has 0 radical (unpaired) electrons. The van der Waals surface area contributed by atoms with Crippen molar-refractivity contribution in [2.75, 3.05) is 18.1 Å². The highest BCUT2D eigenvalue weighted by Crippen LogP contribution is 2.17. The number of nitrogens with one attached hydrogen (secondary N) is 1. The summed E-state index contributed by atoms with van der Waals surface area (Å²) in [5, 5.41) is 11.8. The summed E-state index contributed by atoms with van der Waals surface area (Å²) < 4.78 is 24.7. The molecule has 0 aliphatic heterocycles. The molecule has 2 N–H and O–H groups in total. The van der Waals surface area contributed by atoms with Crippen LogP contribution < -0.4 is 5.32 Å². The van der Waals surface area contributed by atoms with Crippen LogP contribution in [0.25, 0.3) is 0 Å². The fraction of sp³-hybridized carbons (Fsp3) is 0.222. The molecule has 0 saturated heterocycles. The van der Waals surface area contributed by atoms with E-state index in [2.05, 4.69) is 5.32 Å². The zero-order valence-corrected chi connectivity index (χ0v) is 15.3. The minimum Gasteiger partial charge on any atom is -0.478 e. The van der Waals surface area contributed by atoms with Gasteiger partial charge in [-0.2, -0.15) is 4.31 Å². The Bertz CT molecular complexity index is 925. The Morgan fingerprint density at radius 3 is 2.31 bits per heavy atom. The fourth-order valence-corrected chi connectivity index (χ4v) is 3.33. The molecule has 1 amide bonds. The monoisotopic (exact) mass is 376 g/mol. The average Bonchev–Trinajstić information content (AvgIpc) is 2.59. The molecule has 0 fully saturated rings. The molecule has 0 aliphatic rings. The number of hydrogen-bond acceptors (Lipinski definition) is 4. The van der Waals surface area contributed by atoms with Crippen molar-refractivity contribution in [1.29, 1.82) is 0 Å². The molecular formula is C18H20N2O5S. The van der Waals surface area contributed by atoms with Gasteiger partial charge in [-0.3, -0.25) is 4.79 Å². The van der Waals surface area contributed by atoms with Gasteiger partial charge in [-0.05, 0) is 29.8 Å². The van der Waals surface area contributed by atoms with Gasteiger partial charge in [0.1, 0.15) is 0 Å². The summed E-state index contributed by atoms with van der Waals surface area (Å²) in [6.45, 7) is 2.27. The van der Waals surface area contributed by atoms with Crippen LogP contribution in [-0.4, -0.2) is 42.5 Å². The number of nitrogens with zero attached hydrogens (tertiary/aromatic N) is 1. The van der Waals surface area contributed by atoms with Gasteiger partial charge in [0.25, 0.3) is 5.91 Å². The summed E-state index contributed by atoms with van der Waals surface area (Å²) in [6.07, 6.45) is 1.14. The number of carboxylic acid groups (broad SMARTS) is 1. The maximum absolute atomic E-state index is 12.4. The Labute approximate surface area is 152 Å². The molecular weight excluding hydrogens is 356 g/mol. The lowest BCUT2D eigenvalue weighted by Crippen LogP contribution is -2.29. The third kappa shape index (κ3) is 4.90. The van der Waals surface area contributed by atoms with Gasteiger partial charge in [-0.15, -0.1) is 0 Å². The summed E-state index contributed by atoms with van der Waals surface area (Å²) in [5.74, 6) is -1.73. The second-order valence-electron chi connectivity index (χ2n) is 5.69. The Kier molecular flexibility index (Phi) is 6.12. The number of benzene rings is 2. The number of aromatic carboxylic acids is 1. The van der Waals surface area contributed by atoms with Crippen molar-refractivity contribution in [2.24, 2.45) is 0 Å². The van der Waals surface area contributed by atoms with E-state index in [9.17, 15) is 23.1 Å². The molecule has 2 aromatic carbocycles. The van der Waals surface area contributed by atoms with Crippen molar-refractivity contribution in [3.05, 3.63) is 65.2 Å². The molecule has 7 nitrogen and oxygen atoms in total. The van der Waals surface area contributed by atoms with Gasteiger partial charge in [0.2, 0.25) is 10.0 Å². The molecule has 26 heavy (non-hydrogen) atoms. The predicted octanol–water partition coefficient (Wildman–Crippen LogP) is 2.42. The fourth-order valence-electron chi connectivity index (χ4n) is 2.48. The summed E-state index contributed by atoms with van der Waals surface area (Å²) in [6, 6.07) is 12.7. The molecule has 0 unspecified atom stereocenters. The van der Waals surface area contributed by atoms with E-state index >= 15 is 0 Å². The first-order valence-electron chi connectivity index (χ1n) is 7.90. The van der Waals surface area contributed by atoms with E-state index in [0.717, 1.165) is 6.26 Å². The molecule has 0 heterocycles. The first kappa shape index (κ1) is 19.6. The normalized spacial score (nSPS) is 11.3. The Morgan fingerprint density at radius 1 is 1.08 bits per heavy atom. The topological polar surface area (TPSA) is 104 Å². The van der Waals surface area contributed by atoms with Gasteiger partial charge in [0.05, 0.1) is 17.4 Å². The number of carboxylic acids is 1. The first-order valence-corrected chi connectivity index (χ1v) is 9.75. The summed E-state index contributed by atoms with van der Waals surface area (Å²) in [4.78, 5) is 23.6. The summed E-state index contributed by atoms with van der Waals surface area (Å²) in [5.41, 5.74) is 1.13. The van der Waals surface area contributed by atoms with Crippen LogP contribution in [0.5, 0.6) is 0 Å². The molecule has 0 aromatic heterocycles. The molecule has 2 aromatic rings. The number of sulfonamides is 1. The van der Waals surface area contributed by atoms with Gasteiger partial charge in [0, 0.05) is 18.8 Å². The largest absolute Gasteiger partial charge is 0.478 e. The van der Waals surface area contributed by atoms with Crippen molar-refractivity contribution in [2.45, 2.75) is 13.5 Å². The van der Waals surface area contributed by atoms with Crippen molar-refractivity contribution in [3.63, 3.8) is 0 Å². The van der Waals surface area contributed by atoms with E-state index in [1.54, 1.807) is 43.3 Å². The predicted molar refractivity (Wildman–Crippen MR) is 98.7 cm³/mol. The third-order valence-corrected chi connectivity index (χ3v) is 5.09. The second kappa shape index (κ2) is 8.11. The van der Waals surface area contributed by atoms with Crippen LogP contribution in [0, 0.1) is 0 Å². The van der Waals surface area contributed by atoms with Gasteiger partial charge in [-0.1, -0.05) is 31.2 Å². The van der Waals surface area contributed by atoms with Gasteiger partial charge in [-0.25, -0.2) is 13.2 Å². The minimum absolute atomic E-state index is 0.0525. The highest BCUT2D eigenvalue weighted by molar-refractivity contribution is 7.88. The Hall–Kier alpha value is -2.71. The Balaban J connectivity index is 2.21. The van der Waals surface area contributed by atoms with Crippen LogP contribution in [0.3, 0.4) is 0 Å². The molecule has 0 atom stereocenters. The van der Waals surface area contributed by atoms with Crippen LogP contribution in [0.2, 0.25) is 0 Å². The average molecular weight is 376 g/mol. The van der Waals surface area contributed by atoms with Crippen molar-refractivity contribution in [1.82, 2.24) is 4.31 Å². The maximum atomic E-state index is 12.4. The van der Waals surface area contributed by atoms with Crippen molar-refractivity contribution < 1.29 is 23.1 Å². The standard InChI is InChI=1S/C18H20N2O5S/c1-3-20(26(2,24)25)12-13-7-6-8-14(11-13)19-17(21)15-9-4-5-10-16(15)18(22)23/h4-11H,3,12H2,1-2H3,(H,19,21)(H,22,23). The van der Waals surface area contributed by atoms with E-state index in [0.29, 0.717) is 17.8 Å². The lowest BCUT2D eigenvalue weighted by molar-refractivity contribution is 0.0692. The number of carbonyl (C=O) groups is 2. The number of rotatable bonds is 7. The maximum Gasteiger partial charge on any atom is 0.336 e. The molecule has 8 heteroatoms. The molecule has 0 spiro atoms. The Morgan fingerprint density at radius 2 is 1.73 bits per heavy atom. The first-order chi connectivity index (χ1) is 12.2. The highest BCUT2D eigenvalue weighted by Gasteiger charge is 2.17. The van der Waals surface area contributed by atoms with Crippen LogP contribution in [0.4, 0.5) is 5.69 Å². The smallest absolute Gasteiger partial charge is 0.336 e. The van der Waals surface area contributed by atoms with Gasteiger partial charge >= 0.3 is 5.97 Å². The zero-order chi connectivity index (χ0) is 19.3. The van der Waals surface area contributed by atoms with Crippen LogP contribution in [-0.2, 0) is 16.6 Å². The van der Waals surface area contributed by atoms with Crippen LogP contribution >= 0.6 is 0 Å². The lowest BCUT2D eigenvalue weighted by atomic mass is 10.1. The number of hydrogen-bond donors (Lipinski definition) is 2. The van der Waals surface area contributed by atoms with Crippen molar-refractivity contribution >= 4 is 27.6 Å². The van der Waals surface area contributed by atoms with E-state index in [1.165, 1.54) is 16.4 Å². The number of carbonyl (C=O) groups excluding carboxylic acids is 1. The van der Waals surface area contributed by atoms with Crippen LogP contribution in [0.15, 0.2) is 48.5 Å². The van der Waals surface area contributed by atoms with E-state index in [-0.39, 0.29) is 17.7 Å². The second-order valence-corrected chi connectivity index (χ2v) is 7.68.